The number of nitrogens with zero attached hydrogens (tertiary/aromatic N) is 3. The summed E-state index contributed by atoms with van der Waals surface area (Å²) in [4.78, 5) is 119. The summed E-state index contributed by atoms with van der Waals surface area (Å²) in [6.45, 7) is 7.05. The number of nitrogens with two attached hydrogens (primary N) is 1. The van der Waals surface area contributed by atoms with Gasteiger partial charge in [-0.25, -0.2) is 9.55 Å². The Morgan fingerprint density at radius 1 is 1.00 bits per heavy atom. The largest absolute Gasteiger partial charge is 0.469 e. The molecule has 376 valence electrons. The lowest BCUT2D eigenvalue weighted by Gasteiger charge is -2.28. The van der Waals surface area contributed by atoms with Gasteiger partial charge in [0, 0.05) is 61.4 Å². The number of hydrogen-bond donors (Lipinski definition) is 8. The molecule has 0 aliphatic carbocycles. The Balaban J connectivity index is 1.71. The lowest BCUT2D eigenvalue weighted by atomic mass is 9.89. The van der Waals surface area contributed by atoms with E-state index in [1.165, 1.54) is 11.8 Å². The Labute approximate surface area is 400 Å². The first-order valence-corrected chi connectivity index (χ1v) is 25.4. The number of imidazole rings is 1. The molecule has 24 heteroatoms. The second-order valence-corrected chi connectivity index (χ2v) is 19.5. The monoisotopic (exact) mass is 1000 g/mol. The van der Waals surface area contributed by atoms with Gasteiger partial charge in [-0.05, 0) is 56.9 Å². The Hall–Kier alpha value is -3.90. The molecule has 1 aliphatic heterocycles. The van der Waals surface area contributed by atoms with E-state index in [9.17, 15) is 53.0 Å². The van der Waals surface area contributed by atoms with Crippen LogP contribution in [0.2, 0.25) is 0 Å². The summed E-state index contributed by atoms with van der Waals surface area (Å²) in [5, 5.41) is 20.3. The number of aromatic nitrogens is 2. The third-order valence-corrected chi connectivity index (χ3v) is 13.1. The minimum atomic E-state index is -5.03. The Kier molecular flexibility index (Phi) is 25.0. The van der Waals surface area contributed by atoms with Crippen LogP contribution in [0.25, 0.3) is 0 Å². The van der Waals surface area contributed by atoms with Gasteiger partial charge in [-0.15, -0.1) is 11.3 Å². The van der Waals surface area contributed by atoms with Gasteiger partial charge < -0.3 is 55.5 Å². The molecular formula is C43H68N7O14PS2. The molecule has 3 rings (SSSR count). The third-order valence-electron chi connectivity index (χ3n) is 11.2. The quantitative estimate of drug-likeness (QED) is 0.0278. The number of rotatable bonds is 33. The first-order chi connectivity index (χ1) is 31.7. The van der Waals surface area contributed by atoms with E-state index in [1.807, 2.05) is 35.9 Å². The predicted molar refractivity (Wildman–Crippen MR) is 250 cm³/mol. The molecule has 7 atom stereocenters. The van der Waals surface area contributed by atoms with Gasteiger partial charge in [0.1, 0.15) is 17.9 Å². The highest BCUT2D eigenvalue weighted by molar-refractivity contribution is 7.80. The number of ether oxygens (including phenoxy) is 2. The van der Waals surface area contributed by atoms with Gasteiger partial charge in [0.25, 0.3) is 0 Å². The van der Waals surface area contributed by atoms with E-state index >= 15 is 0 Å². The highest BCUT2D eigenvalue weighted by Gasteiger charge is 2.38. The molecule has 0 spiro atoms. The van der Waals surface area contributed by atoms with Crippen LogP contribution in [0, 0.1) is 17.8 Å². The number of phosphoric acid groups is 1. The highest BCUT2D eigenvalue weighted by atomic mass is 32.1. The molecule has 4 amide bonds. The van der Waals surface area contributed by atoms with E-state index in [2.05, 4.69) is 38.1 Å². The number of phosphoric ester groups is 1. The lowest BCUT2D eigenvalue weighted by Crippen LogP contribution is -2.52. The molecule has 0 aromatic carbocycles. The fourth-order valence-corrected chi connectivity index (χ4v) is 8.98. The average Bonchev–Trinajstić information content (AvgIpc) is 4.07. The van der Waals surface area contributed by atoms with Crippen LogP contribution in [0.3, 0.4) is 0 Å². The summed E-state index contributed by atoms with van der Waals surface area (Å²) in [6.07, 6.45) is 2.56. The van der Waals surface area contributed by atoms with E-state index in [1.54, 1.807) is 23.9 Å². The third kappa shape index (κ3) is 20.3. The molecule has 0 saturated carbocycles. The maximum atomic E-state index is 14.3. The second-order valence-electron chi connectivity index (χ2n) is 16.9. The number of ketones is 3. The van der Waals surface area contributed by atoms with Gasteiger partial charge in [-0.3, -0.25) is 38.1 Å². The van der Waals surface area contributed by atoms with Crippen molar-refractivity contribution < 1.29 is 67.0 Å². The molecule has 1 fully saturated rings. The van der Waals surface area contributed by atoms with Gasteiger partial charge >= 0.3 is 7.82 Å². The van der Waals surface area contributed by atoms with Crippen LogP contribution >= 0.6 is 31.8 Å². The second kappa shape index (κ2) is 29.2. The number of likely N-dealkylation sites (tertiary alicyclic amines) is 1. The maximum Gasteiger partial charge on any atom is 0.469 e. The standard InChI is InChI=1S/C43H68N7O14PS2/c1-27(2)19-35(47-43(58)37-8-5-12-50(37)40(55)10-14-62-16-17-63-15-11-46-42(57)34(44)25-66)38(53)21-30(20-31-23-45-26-49(31)13-9-32-7-6-18-67-32)41(56)48-36(24-51)39(54)22-33(28(3)52)29(4)64-65(59,60)61/h6-7,18,23,26-27,29-30,33-37,51,66H,5,8-17,19-22,24-25,44H2,1-4H3,(H,46,57)(H,47,58)(H,48,56)(H2,59,60,61)/t29-,30-,33-,34+,35+,36+,37+/m1/s1. The zero-order valence-corrected chi connectivity index (χ0v) is 41.2. The van der Waals surface area contributed by atoms with Gasteiger partial charge in [0.2, 0.25) is 23.6 Å². The van der Waals surface area contributed by atoms with Crippen molar-refractivity contribution in [3.05, 3.63) is 40.6 Å². The number of Topliss-reactive ketones (excluding diaryl/α,β-unsaturated/α-hetero) is 3. The van der Waals surface area contributed by atoms with Crippen molar-refractivity contribution in [1.82, 2.24) is 30.4 Å². The van der Waals surface area contributed by atoms with Crippen LogP contribution in [0.1, 0.15) is 76.8 Å². The molecular weight excluding hydrogens is 934 g/mol. The molecule has 2 aromatic heterocycles. The minimum Gasteiger partial charge on any atom is -0.394 e. The van der Waals surface area contributed by atoms with E-state index in [0.717, 1.165) is 11.8 Å². The SMILES string of the molecule is CC(=O)[C@@H](CC(=O)[C@H](CO)NC(=O)[C@@H](CC(=O)[C@H](CC(C)C)NC(=O)[C@@H]1CCCN1C(=O)CCOCCOCCNC(=O)[C@@H](N)CS)Cc1cncn1CCc1cccs1)[C@@H](C)OP(=O)(O)O. The number of hydrogen-bond acceptors (Lipinski definition) is 16. The van der Waals surface area contributed by atoms with Crippen LogP contribution in [-0.2, 0) is 71.5 Å². The molecule has 0 unspecified atom stereocenters. The summed E-state index contributed by atoms with van der Waals surface area (Å²) in [5.74, 6) is -6.14. The maximum absolute atomic E-state index is 14.3. The number of amides is 4. The summed E-state index contributed by atoms with van der Waals surface area (Å²) >= 11 is 5.58. The van der Waals surface area contributed by atoms with Crippen LogP contribution in [0.4, 0.5) is 0 Å². The van der Waals surface area contributed by atoms with Crippen molar-refractivity contribution in [2.45, 2.75) is 116 Å². The molecule has 1 aliphatic rings. The van der Waals surface area contributed by atoms with Crippen molar-refractivity contribution in [2.75, 3.05) is 51.9 Å². The first kappa shape index (κ1) is 57.4. The number of carbonyl (C=O) groups excluding carboxylic acids is 7. The topological polar surface area (TPSA) is 308 Å². The predicted octanol–water partition coefficient (Wildman–Crippen LogP) is 0.763. The van der Waals surface area contributed by atoms with Crippen LogP contribution in [0.15, 0.2) is 30.0 Å². The minimum absolute atomic E-state index is 0.00343. The normalized spacial score (nSPS) is 16.7. The van der Waals surface area contributed by atoms with Crippen molar-refractivity contribution in [2.24, 2.45) is 23.5 Å². The van der Waals surface area contributed by atoms with Gasteiger partial charge in [0.15, 0.2) is 11.6 Å². The van der Waals surface area contributed by atoms with Gasteiger partial charge in [0.05, 0.1) is 75.8 Å². The Morgan fingerprint density at radius 3 is 2.33 bits per heavy atom. The number of aliphatic hydroxyl groups excluding tert-OH is 1. The number of thiol groups is 1. The molecule has 1 saturated heterocycles. The molecule has 3 heterocycles. The Bertz CT molecular complexity index is 1970. The fraction of sp³-hybridized carbons (Fsp3) is 0.674. The smallest absolute Gasteiger partial charge is 0.394 e. The molecule has 8 N–H and O–H groups in total. The summed E-state index contributed by atoms with van der Waals surface area (Å²) < 4.78 is 29.0. The van der Waals surface area contributed by atoms with Gasteiger partial charge in [-0.2, -0.15) is 12.6 Å². The number of aliphatic hydroxyl groups is 1. The molecule has 0 bridgehead atoms. The number of thiophene rings is 1. The van der Waals surface area contributed by atoms with E-state index in [0.29, 0.717) is 38.0 Å². The first-order valence-electron chi connectivity index (χ1n) is 22.4. The van der Waals surface area contributed by atoms with Crippen LogP contribution in [0.5, 0.6) is 0 Å². The average molecular weight is 1000 g/mol. The fourth-order valence-electron chi connectivity index (χ4n) is 7.54. The lowest BCUT2D eigenvalue weighted by molar-refractivity contribution is -0.140. The van der Waals surface area contributed by atoms with Crippen molar-refractivity contribution in [1.29, 1.82) is 0 Å². The van der Waals surface area contributed by atoms with Crippen molar-refractivity contribution >= 4 is 72.8 Å². The van der Waals surface area contributed by atoms with E-state index < -0.39 is 98.5 Å². The number of carbonyl (C=O) groups is 7. The highest BCUT2D eigenvalue weighted by Crippen LogP contribution is 2.39. The van der Waals surface area contributed by atoms with E-state index in [-0.39, 0.29) is 75.7 Å². The van der Waals surface area contributed by atoms with Crippen molar-refractivity contribution in [3.8, 4) is 0 Å². The number of aryl methyl sites for hydroxylation is 2. The zero-order valence-electron chi connectivity index (χ0n) is 38.6. The van der Waals surface area contributed by atoms with Gasteiger partial charge in [-0.1, -0.05) is 19.9 Å². The molecule has 0 radical (unpaired) electrons. The zero-order chi connectivity index (χ0) is 49.7. The molecule has 67 heavy (non-hydrogen) atoms. The summed E-state index contributed by atoms with van der Waals surface area (Å²) in [7, 11) is -5.03. The Morgan fingerprint density at radius 2 is 1.70 bits per heavy atom. The summed E-state index contributed by atoms with van der Waals surface area (Å²) in [5.41, 5.74) is 6.21. The van der Waals surface area contributed by atoms with Crippen LogP contribution < -0.4 is 21.7 Å². The van der Waals surface area contributed by atoms with E-state index in [4.69, 9.17) is 15.2 Å². The van der Waals surface area contributed by atoms with Crippen molar-refractivity contribution in [3.63, 3.8) is 0 Å². The number of nitrogens with one attached hydrogen (secondary N) is 3. The molecule has 2 aromatic rings. The summed E-state index contributed by atoms with van der Waals surface area (Å²) in [6, 6.07) is -0.224. The molecule has 21 nitrogen and oxygen atoms in total. The van der Waals surface area contributed by atoms with Crippen LogP contribution in [-0.4, -0.2) is 152 Å².